The van der Waals surface area contributed by atoms with Gasteiger partial charge >= 0.3 is 6.18 Å². The van der Waals surface area contributed by atoms with Gasteiger partial charge in [-0.3, -0.25) is 0 Å². The van der Waals surface area contributed by atoms with Gasteiger partial charge in [0.2, 0.25) is 0 Å². The molecule has 112 valence electrons. The number of fused-ring (bicyclic) bond motifs is 1. The smallest absolute Gasteiger partial charge is 0.326 e. The highest BCUT2D eigenvalue weighted by Crippen LogP contribution is 2.29. The molecule has 0 saturated heterocycles. The van der Waals surface area contributed by atoms with E-state index >= 15 is 0 Å². The van der Waals surface area contributed by atoms with Crippen molar-refractivity contribution < 1.29 is 13.2 Å². The largest absolute Gasteiger partial charge is 0.416 e. The maximum absolute atomic E-state index is 12.7. The van der Waals surface area contributed by atoms with E-state index in [1.165, 1.54) is 6.07 Å². The lowest BCUT2D eigenvalue weighted by Gasteiger charge is -2.17. The van der Waals surface area contributed by atoms with E-state index in [0.717, 1.165) is 30.8 Å². The summed E-state index contributed by atoms with van der Waals surface area (Å²) in [6.45, 7) is 0.616. The van der Waals surface area contributed by atoms with E-state index in [1.54, 1.807) is 10.7 Å². The Bertz CT molecular complexity index is 648. The van der Waals surface area contributed by atoms with Crippen molar-refractivity contribution in [2.45, 2.75) is 38.0 Å². The molecular weight excluding hydrogens is 281 g/mol. The third-order valence-corrected chi connectivity index (χ3v) is 3.55. The number of rotatable bonds is 2. The van der Waals surface area contributed by atoms with Crippen molar-refractivity contribution >= 4 is 0 Å². The topological polar surface area (TPSA) is 56.7 Å². The van der Waals surface area contributed by atoms with Crippen LogP contribution in [0.3, 0.4) is 0 Å². The fourth-order valence-corrected chi connectivity index (χ4v) is 2.50. The van der Waals surface area contributed by atoms with Crippen LogP contribution in [0.2, 0.25) is 0 Å². The number of nitrogens with zero attached hydrogens (tertiary/aromatic N) is 3. The van der Waals surface area contributed by atoms with Gasteiger partial charge in [-0.05, 0) is 18.1 Å². The molecule has 4 nitrogen and oxygen atoms in total. The highest BCUT2D eigenvalue weighted by molar-refractivity contribution is 5.27. The van der Waals surface area contributed by atoms with Crippen LogP contribution in [0.25, 0.3) is 0 Å². The molecule has 0 bridgehead atoms. The average Bonchev–Trinajstić information content (AvgIpc) is 2.79. The van der Waals surface area contributed by atoms with Crippen LogP contribution in [0.5, 0.6) is 0 Å². The van der Waals surface area contributed by atoms with Gasteiger partial charge in [-0.25, -0.2) is 9.67 Å². The lowest BCUT2D eigenvalue weighted by molar-refractivity contribution is -0.137. The minimum absolute atomic E-state index is 0.0700. The number of alkyl halides is 3. The van der Waals surface area contributed by atoms with E-state index in [9.17, 15) is 13.2 Å². The molecule has 1 aliphatic rings. The second-order valence-electron chi connectivity index (χ2n) is 5.30. The van der Waals surface area contributed by atoms with Gasteiger partial charge in [0.25, 0.3) is 0 Å². The van der Waals surface area contributed by atoms with Crippen molar-refractivity contribution in [1.29, 1.82) is 0 Å². The van der Waals surface area contributed by atoms with E-state index in [4.69, 9.17) is 5.73 Å². The first kappa shape index (κ1) is 14.1. The zero-order valence-corrected chi connectivity index (χ0v) is 11.3. The van der Waals surface area contributed by atoms with Crippen molar-refractivity contribution in [3.05, 3.63) is 47.0 Å². The monoisotopic (exact) mass is 296 g/mol. The second kappa shape index (κ2) is 5.14. The molecule has 1 aromatic carbocycles. The number of hydrogen-bond donors (Lipinski definition) is 1. The SMILES string of the molecule is NC1CCc2nc(Cc3cccc(C(F)(F)F)c3)nn2C1. The molecule has 0 amide bonds. The van der Waals surface area contributed by atoms with Gasteiger partial charge in [-0.1, -0.05) is 18.2 Å². The molecule has 0 radical (unpaired) electrons. The molecule has 1 atom stereocenters. The fraction of sp³-hybridized carbons (Fsp3) is 0.429. The zero-order chi connectivity index (χ0) is 15.0. The fourth-order valence-electron chi connectivity index (χ4n) is 2.50. The number of aryl methyl sites for hydroxylation is 1. The molecule has 1 aromatic heterocycles. The molecule has 7 heteroatoms. The second-order valence-corrected chi connectivity index (χ2v) is 5.30. The van der Waals surface area contributed by atoms with Gasteiger partial charge in [0.15, 0.2) is 5.82 Å². The predicted octanol–water partition coefficient (Wildman–Crippen LogP) is 2.16. The van der Waals surface area contributed by atoms with Crippen LogP contribution >= 0.6 is 0 Å². The van der Waals surface area contributed by atoms with Crippen molar-refractivity contribution in [2.24, 2.45) is 5.73 Å². The molecule has 1 aliphatic heterocycles. The van der Waals surface area contributed by atoms with Crippen molar-refractivity contribution in [1.82, 2.24) is 14.8 Å². The predicted molar refractivity (Wildman–Crippen MR) is 70.6 cm³/mol. The van der Waals surface area contributed by atoms with Crippen molar-refractivity contribution in [2.75, 3.05) is 0 Å². The summed E-state index contributed by atoms with van der Waals surface area (Å²) in [6, 6.07) is 5.34. The lowest BCUT2D eigenvalue weighted by atomic mass is 10.1. The quantitative estimate of drug-likeness (QED) is 0.924. The summed E-state index contributed by atoms with van der Waals surface area (Å²) in [6.07, 6.45) is -2.42. The van der Waals surface area contributed by atoms with Crippen LogP contribution in [-0.2, 0) is 25.6 Å². The molecule has 0 fully saturated rings. The summed E-state index contributed by atoms with van der Waals surface area (Å²) >= 11 is 0. The first-order valence-electron chi connectivity index (χ1n) is 6.76. The average molecular weight is 296 g/mol. The van der Waals surface area contributed by atoms with Crippen molar-refractivity contribution in [3.63, 3.8) is 0 Å². The maximum atomic E-state index is 12.7. The summed E-state index contributed by atoms with van der Waals surface area (Å²) in [5.74, 6) is 1.40. The lowest BCUT2D eigenvalue weighted by Crippen LogP contribution is -2.32. The number of hydrogen-bond acceptors (Lipinski definition) is 3. The molecular formula is C14H15F3N4. The Morgan fingerprint density at radius 3 is 2.90 bits per heavy atom. The van der Waals surface area contributed by atoms with Gasteiger partial charge < -0.3 is 5.73 Å². The zero-order valence-electron chi connectivity index (χ0n) is 11.3. The van der Waals surface area contributed by atoms with Gasteiger partial charge in [-0.15, -0.1) is 0 Å². The van der Waals surface area contributed by atoms with Crippen LogP contribution in [0.15, 0.2) is 24.3 Å². The molecule has 0 aliphatic carbocycles. The standard InChI is InChI=1S/C14H15F3N4/c15-14(16,17)10-3-1-2-9(6-10)7-12-19-13-5-4-11(18)8-21(13)20-12/h1-3,6,11H,4-5,7-8,18H2. The number of nitrogens with two attached hydrogens (primary N) is 1. The van der Waals surface area contributed by atoms with Gasteiger partial charge in [0.05, 0.1) is 12.1 Å². The minimum atomic E-state index is -4.33. The molecule has 21 heavy (non-hydrogen) atoms. The molecule has 2 heterocycles. The van der Waals surface area contributed by atoms with Gasteiger partial charge in [-0.2, -0.15) is 18.3 Å². The van der Waals surface area contributed by atoms with Crippen LogP contribution in [0.4, 0.5) is 13.2 Å². The van der Waals surface area contributed by atoms with Gasteiger partial charge in [0.1, 0.15) is 5.82 Å². The van der Waals surface area contributed by atoms with E-state index in [0.29, 0.717) is 24.4 Å². The Kier molecular flexibility index (Phi) is 3.44. The third-order valence-electron chi connectivity index (χ3n) is 3.55. The molecule has 2 N–H and O–H groups in total. The van der Waals surface area contributed by atoms with Gasteiger partial charge in [0, 0.05) is 18.9 Å². The first-order chi connectivity index (χ1) is 9.91. The normalized spacial score (nSPS) is 18.6. The number of halogens is 3. The summed E-state index contributed by atoms with van der Waals surface area (Å²) in [5.41, 5.74) is 5.77. The first-order valence-corrected chi connectivity index (χ1v) is 6.76. The number of aromatic nitrogens is 3. The highest BCUT2D eigenvalue weighted by atomic mass is 19.4. The summed E-state index contributed by atoms with van der Waals surface area (Å²) in [7, 11) is 0. The maximum Gasteiger partial charge on any atom is 0.416 e. The van der Waals surface area contributed by atoms with E-state index < -0.39 is 11.7 Å². The third kappa shape index (κ3) is 3.07. The van der Waals surface area contributed by atoms with Crippen LogP contribution < -0.4 is 5.73 Å². The Balaban J connectivity index is 1.81. The molecule has 2 aromatic rings. The highest BCUT2D eigenvalue weighted by Gasteiger charge is 2.30. The Hall–Kier alpha value is -1.89. The Labute approximate surface area is 119 Å². The molecule has 0 saturated carbocycles. The summed E-state index contributed by atoms with van der Waals surface area (Å²) < 4.78 is 39.8. The summed E-state index contributed by atoms with van der Waals surface area (Å²) in [5, 5.41) is 4.33. The minimum Gasteiger partial charge on any atom is -0.326 e. The van der Waals surface area contributed by atoms with Crippen molar-refractivity contribution in [3.8, 4) is 0 Å². The van der Waals surface area contributed by atoms with E-state index in [2.05, 4.69) is 10.1 Å². The molecule has 0 spiro atoms. The van der Waals surface area contributed by atoms with E-state index in [1.807, 2.05) is 0 Å². The molecule has 3 rings (SSSR count). The van der Waals surface area contributed by atoms with Crippen LogP contribution in [0.1, 0.15) is 29.2 Å². The Morgan fingerprint density at radius 2 is 2.14 bits per heavy atom. The van der Waals surface area contributed by atoms with E-state index in [-0.39, 0.29) is 6.04 Å². The van der Waals surface area contributed by atoms with Crippen LogP contribution in [-0.4, -0.2) is 20.8 Å². The summed E-state index contributed by atoms with van der Waals surface area (Å²) in [4.78, 5) is 4.39. The number of benzene rings is 1. The van der Waals surface area contributed by atoms with Crippen LogP contribution in [0, 0.1) is 0 Å². The Morgan fingerprint density at radius 1 is 1.33 bits per heavy atom. The molecule has 1 unspecified atom stereocenters.